The number of likely N-dealkylation sites (tertiary alicyclic amines) is 1. The van der Waals surface area contributed by atoms with Crippen LogP contribution in [0.1, 0.15) is 36.9 Å². The highest BCUT2D eigenvalue weighted by Gasteiger charge is 2.34. The molecule has 25 heavy (non-hydrogen) atoms. The number of rotatable bonds is 5. The van der Waals surface area contributed by atoms with E-state index in [2.05, 4.69) is 12.1 Å². The maximum Gasteiger partial charge on any atom is 0.220 e. The minimum Gasteiger partial charge on any atom is -0.497 e. The molecule has 2 atom stereocenters. The largest absolute Gasteiger partial charge is 0.497 e. The fourth-order valence-corrected chi connectivity index (χ4v) is 3.46. The van der Waals surface area contributed by atoms with Crippen molar-refractivity contribution in [2.24, 2.45) is 0 Å². The molecule has 1 fully saturated rings. The van der Waals surface area contributed by atoms with Crippen molar-refractivity contribution in [3.05, 3.63) is 65.7 Å². The Morgan fingerprint density at radius 1 is 1.12 bits per heavy atom. The number of hydrogen-bond donors (Lipinski definition) is 0. The molecule has 0 bridgehead atoms. The summed E-state index contributed by atoms with van der Waals surface area (Å²) in [6.07, 6.45) is 1.91. The second kappa shape index (κ2) is 8.17. The molecule has 1 heterocycles. The van der Waals surface area contributed by atoms with Gasteiger partial charge in [0, 0.05) is 13.5 Å². The molecule has 3 rings (SSSR count). The van der Waals surface area contributed by atoms with Crippen LogP contribution in [0.3, 0.4) is 0 Å². The van der Waals surface area contributed by atoms with E-state index in [1.165, 1.54) is 0 Å². The minimum atomic E-state index is -0.0548. The van der Waals surface area contributed by atoms with Crippen molar-refractivity contribution in [3.8, 4) is 5.75 Å². The van der Waals surface area contributed by atoms with Crippen LogP contribution >= 0.6 is 0 Å². The smallest absolute Gasteiger partial charge is 0.220 e. The lowest BCUT2D eigenvalue weighted by Gasteiger charge is -2.41. The van der Waals surface area contributed by atoms with Crippen LogP contribution in [0.5, 0.6) is 5.75 Å². The van der Waals surface area contributed by atoms with Crippen molar-refractivity contribution >= 4 is 5.91 Å². The van der Waals surface area contributed by atoms with E-state index in [1.54, 1.807) is 14.0 Å². The molecular formula is C21H25NO3. The topological polar surface area (TPSA) is 38.8 Å². The molecular weight excluding hydrogens is 314 g/mol. The van der Waals surface area contributed by atoms with Crippen molar-refractivity contribution in [2.45, 2.75) is 38.5 Å². The van der Waals surface area contributed by atoms with Crippen molar-refractivity contribution in [1.82, 2.24) is 4.90 Å². The predicted octanol–water partition coefficient (Wildman–Crippen LogP) is 3.96. The normalized spacial score (nSPS) is 20.3. The molecule has 1 saturated heterocycles. The Balaban J connectivity index is 1.81. The number of carbonyl (C=O) groups is 1. The molecule has 0 N–H and O–H groups in total. The van der Waals surface area contributed by atoms with Crippen LogP contribution in [0, 0.1) is 0 Å². The van der Waals surface area contributed by atoms with Crippen LogP contribution in [0.4, 0.5) is 0 Å². The Labute approximate surface area is 149 Å². The van der Waals surface area contributed by atoms with E-state index in [0.717, 1.165) is 36.3 Å². The Bertz CT molecular complexity index is 684. The molecule has 1 aliphatic rings. The maximum atomic E-state index is 12.2. The van der Waals surface area contributed by atoms with Crippen molar-refractivity contribution < 1.29 is 14.3 Å². The van der Waals surface area contributed by atoms with Gasteiger partial charge in [-0.1, -0.05) is 42.5 Å². The Morgan fingerprint density at radius 2 is 1.84 bits per heavy atom. The lowest BCUT2D eigenvalue weighted by molar-refractivity contribution is -0.139. The first kappa shape index (κ1) is 17.5. The number of ether oxygens (including phenoxy) is 2. The van der Waals surface area contributed by atoms with Gasteiger partial charge in [-0.3, -0.25) is 4.79 Å². The first-order valence-electron chi connectivity index (χ1n) is 8.75. The van der Waals surface area contributed by atoms with Gasteiger partial charge in [0.05, 0.1) is 25.9 Å². The Morgan fingerprint density at radius 3 is 2.48 bits per heavy atom. The van der Waals surface area contributed by atoms with E-state index in [0.29, 0.717) is 6.61 Å². The van der Waals surface area contributed by atoms with Gasteiger partial charge in [0.1, 0.15) is 5.75 Å². The van der Waals surface area contributed by atoms with Gasteiger partial charge < -0.3 is 14.4 Å². The van der Waals surface area contributed by atoms with E-state index in [-0.39, 0.29) is 18.1 Å². The van der Waals surface area contributed by atoms with Crippen LogP contribution < -0.4 is 4.74 Å². The van der Waals surface area contributed by atoms with Gasteiger partial charge in [-0.2, -0.15) is 0 Å². The van der Waals surface area contributed by atoms with Crippen LogP contribution in [0.2, 0.25) is 0 Å². The number of amides is 1. The van der Waals surface area contributed by atoms with Crippen LogP contribution in [-0.4, -0.2) is 30.6 Å². The zero-order valence-electron chi connectivity index (χ0n) is 14.9. The lowest BCUT2D eigenvalue weighted by Crippen LogP contribution is -2.45. The van der Waals surface area contributed by atoms with E-state index in [4.69, 9.17) is 9.47 Å². The lowest BCUT2D eigenvalue weighted by atomic mass is 9.92. The first-order chi connectivity index (χ1) is 12.2. The van der Waals surface area contributed by atoms with Crippen molar-refractivity contribution in [3.63, 3.8) is 0 Å². The summed E-state index contributed by atoms with van der Waals surface area (Å²) in [6, 6.07) is 18.1. The first-order valence-corrected chi connectivity index (χ1v) is 8.75. The second-order valence-corrected chi connectivity index (χ2v) is 6.41. The molecule has 1 aliphatic heterocycles. The van der Waals surface area contributed by atoms with E-state index < -0.39 is 0 Å². The zero-order valence-corrected chi connectivity index (χ0v) is 14.9. The summed E-state index contributed by atoms with van der Waals surface area (Å²) < 4.78 is 11.5. The van der Waals surface area contributed by atoms with Crippen LogP contribution in [0.15, 0.2) is 54.6 Å². The van der Waals surface area contributed by atoms with E-state index >= 15 is 0 Å². The van der Waals surface area contributed by atoms with Crippen LogP contribution in [0.25, 0.3) is 0 Å². The Hall–Kier alpha value is -2.33. The van der Waals surface area contributed by atoms with Crippen LogP contribution in [-0.2, 0) is 16.1 Å². The summed E-state index contributed by atoms with van der Waals surface area (Å²) in [5, 5.41) is 0. The van der Waals surface area contributed by atoms with Gasteiger partial charge in [0.2, 0.25) is 5.91 Å². The van der Waals surface area contributed by atoms with Gasteiger partial charge >= 0.3 is 0 Å². The third-order valence-corrected chi connectivity index (χ3v) is 4.74. The van der Waals surface area contributed by atoms with Gasteiger partial charge in [0.25, 0.3) is 0 Å². The second-order valence-electron chi connectivity index (χ2n) is 6.41. The van der Waals surface area contributed by atoms with E-state index in [1.807, 2.05) is 47.4 Å². The van der Waals surface area contributed by atoms with Gasteiger partial charge in [-0.25, -0.2) is 0 Å². The molecule has 4 nitrogen and oxygen atoms in total. The average Bonchev–Trinajstić information content (AvgIpc) is 2.67. The minimum absolute atomic E-state index is 0.00810. The van der Waals surface area contributed by atoms with Gasteiger partial charge in [-0.15, -0.1) is 0 Å². The van der Waals surface area contributed by atoms with Crippen molar-refractivity contribution in [2.75, 3.05) is 13.7 Å². The molecule has 4 heteroatoms. The maximum absolute atomic E-state index is 12.2. The van der Waals surface area contributed by atoms with Crippen molar-refractivity contribution in [1.29, 1.82) is 0 Å². The monoisotopic (exact) mass is 339 g/mol. The molecule has 0 radical (unpaired) electrons. The molecule has 2 aromatic rings. The van der Waals surface area contributed by atoms with E-state index in [9.17, 15) is 4.79 Å². The fraction of sp³-hybridized carbons (Fsp3) is 0.381. The number of hydrogen-bond acceptors (Lipinski definition) is 3. The van der Waals surface area contributed by atoms with Gasteiger partial charge in [-0.05, 0) is 36.1 Å². The molecule has 2 aromatic carbocycles. The molecule has 1 amide bonds. The highest BCUT2D eigenvalue weighted by atomic mass is 16.5. The number of carbonyl (C=O) groups excluding carboxylic acids is 1. The predicted molar refractivity (Wildman–Crippen MR) is 97.4 cm³/mol. The highest BCUT2D eigenvalue weighted by molar-refractivity contribution is 5.74. The molecule has 0 unspecified atom stereocenters. The summed E-state index contributed by atoms with van der Waals surface area (Å²) in [5.41, 5.74) is 2.24. The number of methoxy groups -OCH3 is 1. The standard InChI is InChI=1S/C21H25NO3/c1-16(23)22-14-6-9-20(25-15-17-7-4-3-5-8-17)21(22)18-10-12-19(24-2)13-11-18/h3-5,7-8,10-13,20-21H,6,9,14-15H2,1-2H3/t20-,21+/m0/s1. The molecule has 0 aromatic heterocycles. The number of nitrogens with zero attached hydrogens (tertiary/aromatic N) is 1. The third kappa shape index (κ3) is 4.20. The molecule has 132 valence electrons. The number of piperidine rings is 1. The molecule has 0 saturated carbocycles. The highest BCUT2D eigenvalue weighted by Crippen LogP contribution is 2.34. The summed E-state index contributed by atoms with van der Waals surface area (Å²) >= 11 is 0. The Kier molecular flexibility index (Phi) is 5.71. The summed E-state index contributed by atoms with van der Waals surface area (Å²) in [7, 11) is 1.66. The number of benzene rings is 2. The summed E-state index contributed by atoms with van der Waals surface area (Å²) in [6.45, 7) is 2.97. The average molecular weight is 339 g/mol. The molecule has 0 aliphatic carbocycles. The summed E-state index contributed by atoms with van der Waals surface area (Å²) in [5.74, 6) is 0.907. The van der Waals surface area contributed by atoms with Gasteiger partial charge in [0.15, 0.2) is 0 Å². The quantitative estimate of drug-likeness (QED) is 0.827. The molecule has 0 spiro atoms. The zero-order chi connectivity index (χ0) is 17.6. The SMILES string of the molecule is COc1ccc([C@@H]2[C@@H](OCc3ccccc3)CCCN2C(C)=O)cc1. The third-order valence-electron chi connectivity index (χ3n) is 4.74. The summed E-state index contributed by atoms with van der Waals surface area (Å²) in [4.78, 5) is 14.1. The fourth-order valence-electron chi connectivity index (χ4n) is 3.46.